The number of nitrogens with zero attached hydrogens (tertiary/aromatic N) is 1. The molecule has 0 aliphatic carbocycles. The number of rotatable bonds is 5. The Labute approximate surface area is 92.7 Å². The number of aromatic nitrogens is 1. The highest BCUT2D eigenvalue weighted by Crippen LogP contribution is 1.96. The highest BCUT2D eigenvalue weighted by Gasteiger charge is 2.03. The molecule has 1 heterocycles. The predicted molar refractivity (Wildman–Crippen MR) is 56.7 cm³/mol. The van der Waals surface area contributed by atoms with Gasteiger partial charge in [-0.05, 0) is 30.2 Å². The van der Waals surface area contributed by atoms with Gasteiger partial charge in [-0.15, -0.1) is 0 Å². The first kappa shape index (κ1) is 11.7. The first-order valence-corrected chi connectivity index (χ1v) is 4.94. The molecule has 1 amide bonds. The molecule has 1 aromatic heterocycles. The molecule has 0 radical (unpaired) electrons. The molecule has 0 atom stereocenters. The Balaban J connectivity index is 2.28. The van der Waals surface area contributed by atoms with Crippen LogP contribution in [0.4, 0.5) is 0 Å². The molecule has 1 aromatic rings. The van der Waals surface area contributed by atoms with Crippen molar-refractivity contribution < 1.29 is 9.59 Å². The molecule has 0 fully saturated rings. The number of carbonyl (C=O) groups excluding carboxylic acids is 2. The second kappa shape index (κ2) is 6.14. The molecule has 4 nitrogen and oxygen atoms in total. The van der Waals surface area contributed by atoms with E-state index in [0.717, 1.165) is 0 Å². The fourth-order valence-corrected chi connectivity index (χ4v) is 1.16. The van der Waals surface area contributed by atoms with E-state index in [1.807, 2.05) is 0 Å². The van der Waals surface area contributed by atoms with Gasteiger partial charge in [0.25, 0.3) is 5.91 Å². The van der Waals surface area contributed by atoms with Gasteiger partial charge in [-0.1, -0.05) is 0 Å². The average Bonchev–Trinajstić information content (AvgIpc) is 2.25. The normalized spacial score (nSPS) is 9.67. The van der Waals surface area contributed by atoms with E-state index in [1.54, 1.807) is 18.3 Å². The zero-order valence-corrected chi connectivity index (χ0v) is 8.83. The molecule has 0 aromatic carbocycles. The van der Waals surface area contributed by atoms with Crippen molar-refractivity contribution in [2.45, 2.75) is 12.8 Å². The van der Waals surface area contributed by atoms with Gasteiger partial charge in [0, 0.05) is 25.4 Å². The van der Waals surface area contributed by atoms with Crippen molar-refractivity contribution in [3.05, 3.63) is 30.1 Å². The van der Waals surface area contributed by atoms with Crippen LogP contribution in [0, 0.1) is 0 Å². The van der Waals surface area contributed by atoms with Gasteiger partial charge in [0.2, 0.25) is 5.24 Å². The van der Waals surface area contributed by atoms with Crippen molar-refractivity contribution in [2.75, 3.05) is 6.54 Å². The third-order valence-electron chi connectivity index (χ3n) is 1.76. The molecule has 0 saturated carbocycles. The quantitative estimate of drug-likeness (QED) is 0.609. The van der Waals surface area contributed by atoms with Gasteiger partial charge in [-0.2, -0.15) is 0 Å². The monoisotopic (exact) mass is 226 g/mol. The van der Waals surface area contributed by atoms with Gasteiger partial charge < -0.3 is 5.32 Å². The van der Waals surface area contributed by atoms with E-state index in [-0.39, 0.29) is 17.6 Å². The van der Waals surface area contributed by atoms with Gasteiger partial charge in [-0.25, -0.2) is 0 Å². The molecule has 5 heteroatoms. The van der Waals surface area contributed by atoms with Crippen LogP contribution in [0.15, 0.2) is 24.5 Å². The summed E-state index contributed by atoms with van der Waals surface area (Å²) in [7, 11) is 0. The van der Waals surface area contributed by atoms with E-state index in [9.17, 15) is 9.59 Å². The Kier molecular flexibility index (Phi) is 4.77. The second-order valence-electron chi connectivity index (χ2n) is 2.96. The summed E-state index contributed by atoms with van der Waals surface area (Å²) in [5.74, 6) is -0.190. The topological polar surface area (TPSA) is 59.1 Å². The van der Waals surface area contributed by atoms with Crippen molar-refractivity contribution in [1.29, 1.82) is 0 Å². The molecule has 0 aliphatic heterocycles. The smallest absolute Gasteiger partial charge is 0.252 e. The zero-order valence-electron chi connectivity index (χ0n) is 8.07. The van der Waals surface area contributed by atoms with Gasteiger partial charge in [-0.3, -0.25) is 14.6 Å². The fourth-order valence-electron chi connectivity index (χ4n) is 1.03. The Morgan fingerprint density at radius 2 is 2.27 bits per heavy atom. The van der Waals surface area contributed by atoms with E-state index in [0.29, 0.717) is 18.5 Å². The van der Waals surface area contributed by atoms with Crippen molar-refractivity contribution in [2.24, 2.45) is 0 Å². The lowest BCUT2D eigenvalue weighted by Crippen LogP contribution is -2.24. The van der Waals surface area contributed by atoms with Crippen LogP contribution in [0.3, 0.4) is 0 Å². The van der Waals surface area contributed by atoms with Crippen molar-refractivity contribution in [3.63, 3.8) is 0 Å². The van der Waals surface area contributed by atoms with E-state index in [2.05, 4.69) is 10.3 Å². The summed E-state index contributed by atoms with van der Waals surface area (Å²) in [6.45, 7) is 0.437. The van der Waals surface area contributed by atoms with Crippen molar-refractivity contribution >= 4 is 22.8 Å². The van der Waals surface area contributed by atoms with Gasteiger partial charge in [0.15, 0.2) is 0 Å². The number of pyridine rings is 1. The van der Waals surface area contributed by atoms with Crippen molar-refractivity contribution in [1.82, 2.24) is 10.3 Å². The fraction of sp³-hybridized carbons (Fsp3) is 0.300. The zero-order chi connectivity index (χ0) is 11.1. The van der Waals surface area contributed by atoms with E-state index in [4.69, 9.17) is 11.6 Å². The number of amides is 1. The maximum absolute atomic E-state index is 11.4. The molecule has 80 valence electrons. The van der Waals surface area contributed by atoms with E-state index in [1.165, 1.54) is 6.20 Å². The Bertz CT molecular complexity index is 341. The molecule has 1 N–H and O–H groups in total. The summed E-state index contributed by atoms with van der Waals surface area (Å²) in [6, 6.07) is 3.37. The number of halogens is 1. The van der Waals surface area contributed by atoms with Crippen LogP contribution in [0.1, 0.15) is 23.2 Å². The minimum atomic E-state index is -0.384. The van der Waals surface area contributed by atoms with Gasteiger partial charge >= 0.3 is 0 Å². The van der Waals surface area contributed by atoms with Crippen LogP contribution in [0.25, 0.3) is 0 Å². The number of nitrogens with one attached hydrogen (secondary N) is 1. The van der Waals surface area contributed by atoms with Crippen LogP contribution in [-0.2, 0) is 4.79 Å². The maximum Gasteiger partial charge on any atom is 0.252 e. The van der Waals surface area contributed by atoms with E-state index < -0.39 is 0 Å². The third-order valence-corrected chi connectivity index (χ3v) is 1.95. The summed E-state index contributed by atoms with van der Waals surface area (Å²) in [5, 5.41) is 2.28. The first-order valence-electron chi connectivity index (χ1n) is 4.56. The molecule has 1 rings (SSSR count). The van der Waals surface area contributed by atoms with Crippen LogP contribution >= 0.6 is 11.6 Å². The number of hydrogen-bond acceptors (Lipinski definition) is 3. The summed E-state index contributed by atoms with van der Waals surface area (Å²) in [4.78, 5) is 25.6. The second-order valence-corrected chi connectivity index (χ2v) is 3.38. The Morgan fingerprint density at radius 1 is 1.47 bits per heavy atom. The van der Waals surface area contributed by atoms with Crippen LogP contribution in [0.5, 0.6) is 0 Å². The van der Waals surface area contributed by atoms with Gasteiger partial charge in [0.05, 0.1) is 5.56 Å². The molecule has 0 aliphatic rings. The van der Waals surface area contributed by atoms with Crippen LogP contribution in [0.2, 0.25) is 0 Å². The number of carbonyl (C=O) groups is 2. The lowest BCUT2D eigenvalue weighted by atomic mass is 10.2. The summed E-state index contributed by atoms with van der Waals surface area (Å²) in [5.41, 5.74) is 0.509. The molecular formula is C10H11ClN2O2. The summed E-state index contributed by atoms with van der Waals surface area (Å²) in [6.07, 6.45) is 3.91. The number of hydrogen-bond donors (Lipinski definition) is 1. The minimum absolute atomic E-state index is 0.190. The van der Waals surface area contributed by atoms with Crippen LogP contribution in [-0.4, -0.2) is 22.7 Å². The summed E-state index contributed by atoms with van der Waals surface area (Å²) >= 11 is 5.15. The highest BCUT2D eigenvalue weighted by molar-refractivity contribution is 6.63. The van der Waals surface area contributed by atoms with Gasteiger partial charge in [0.1, 0.15) is 0 Å². The average molecular weight is 227 g/mol. The maximum atomic E-state index is 11.4. The van der Waals surface area contributed by atoms with Crippen molar-refractivity contribution in [3.8, 4) is 0 Å². The highest BCUT2D eigenvalue weighted by atomic mass is 35.5. The Hall–Kier alpha value is -1.42. The lowest BCUT2D eigenvalue weighted by molar-refractivity contribution is -0.111. The molecule has 0 unspecified atom stereocenters. The lowest BCUT2D eigenvalue weighted by Gasteiger charge is -2.02. The SMILES string of the molecule is O=C(Cl)CCCNC(=O)c1cccnc1. The van der Waals surface area contributed by atoms with Crippen LogP contribution < -0.4 is 5.32 Å². The minimum Gasteiger partial charge on any atom is -0.352 e. The first-order chi connectivity index (χ1) is 7.20. The third kappa shape index (κ3) is 4.56. The molecule has 0 saturated heterocycles. The molecule has 0 bridgehead atoms. The predicted octanol–water partition coefficient (Wildman–Crippen LogP) is 1.36. The largest absolute Gasteiger partial charge is 0.352 e. The standard InChI is InChI=1S/C10H11ClN2O2/c11-9(14)4-2-6-13-10(15)8-3-1-5-12-7-8/h1,3,5,7H,2,4,6H2,(H,13,15). The van der Waals surface area contributed by atoms with E-state index >= 15 is 0 Å². The molecular weight excluding hydrogens is 216 g/mol. The molecule has 0 spiro atoms. The Morgan fingerprint density at radius 3 is 2.87 bits per heavy atom. The molecule has 15 heavy (non-hydrogen) atoms. The summed E-state index contributed by atoms with van der Waals surface area (Å²) < 4.78 is 0.